The smallest absolute Gasteiger partial charge is 0.251 e. The number of nitrogens with zero attached hydrogens (tertiary/aromatic N) is 1. The fraction of sp³-hybridized carbons (Fsp3) is 0.579. The fourth-order valence-corrected chi connectivity index (χ4v) is 4.70. The summed E-state index contributed by atoms with van der Waals surface area (Å²) < 4.78 is 1.15. The van der Waals surface area contributed by atoms with Crippen LogP contribution in [0.3, 0.4) is 0 Å². The molecule has 1 unspecified atom stereocenters. The van der Waals surface area contributed by atoms with Gasteiger partial charge in [-0.2, -0.15) is 0 Å². The highest BCUT2D eigenvalue weighted by Gasteiger charge is 2.15. The molecule has 3 nitrogen and oxygen atoms in total. The predicted molar refractivity (Wildman–Crippen MR) is 108 cm³/mol. The van der Waals surface area contributed by atoms with E-state index in [0.29, 0.717) is 5.92 Å². The second kappa shape index (κ2) is 10.8. The Morgan fingerprint density at radius 1 is 1.38 bits per heavy atom. The molecular weight excluding hydrogens is 336 g/mol. The molecule has 1 aliphatic heterocycles. The first-order chi connectivity index (χ1) is 11.7. The first-order valence-corrected chi connectivity index (χ1v) is 10.9. The van der Waals surface area contributed by atoms with Crippen LogP contribution < -0.4 is 5.32 Å². The molecule has 1 aromatic rings. The summed E-state index contributed by atoms with van der Waals surface area (Å²) in [6.07, 6.45) is 4.77. The van der Waals surface area contributed by atoms with Gasteiger partial charge in [0.15, 0.2) is 0 Å². The summed E-state index contributed by atoms with van der Waals surface area (Å²) in [5, 5.41) is 3.14. The summed E-state index contributed by atoms with van der Waals surface area (Å²) in [6.45, 7) is 6.12. The Bertz CT molecular complexity index is 560. The number of carbonyl (C=O) groups excluding carboxylic acids is 1. The largest absolute Gasteiger partial charge is 0.352 e. The zero-order valence-corrected chi connectivity index (χ0v) is 16.3. The lowest BCUT2D eigenvalue weighted by Gasteiger charge is -2.16. The van der Waals surface area contributed by atoms with Crippen molar-refractivity contribution in [1.82, 2.24) is 5.32 Å². The molecule has 1 amide bonds. The molecule has 0 aliphatic carbocycles. The van der Waals surface area contributed by atoms with Crippen LogP contribution in [0.5, 0.6) is 0 Å². The first kappa shape index (κ1) is 19.4. The topological polar surface area (TPSA) is 41.5 Å². The van der Waals surface area contributed by atoms with Crippen molar-refractivity contribution in [2.45, 2.75) is 45.3 Å². The average molecular weight is 365 g/mol. The molecule has 24 heavy (non-hydrogen) atoms. The molecule has 2 rings (SSSR count). The second-order valence-corrected chi connectivity index (χ2v) is 8.37. The van der Waals surface area contributed by atoms with Crippen LogP contribution in [-0.2, 0) is 5.75 Å². The molecular formula is C19H28N2OS2. The first-order valence-electron chi connectivity index (χ1n) is 8.90. The lowest BCUT2D eigenvalue weighted by atomic mass is 9.99. The standard InChI is InChI=1S/C19H28N2OS2/c1-3-5-8-15(4-2)13-21-18(22)17-10-7-6-9-16(17)14-24-19-20-11-12-23-19/h6-7,9-10,15H,3-5,8,11-14H2,1-2H3,(H,21,22). The molecule has 5 heteroatoms. The minimum absolute atomic E-state index is 0.0576. The third-order valence-corrected chi connectivity index (χ3v) is 6.57. The molecule has 1 aliphatic rings. The van der Waals surface area contributed by atoms with E-state index in [0.717, 1.165) is 46.5 Å². The van der Waals surface area contributed by atoms with E-state index in [1.165, 1.54) is 19.3 Å². The summed E-state index contributed by atoms with van der Waals surface area (Å²) in [5.41, 5.74) is 1.90. The van der Waals surface area contributed by atoms with E-state index in [9.17, 15) is 4.79 Å². The molecule has 0 spiro atoms. The summed E-state index contributed by atoms with van der Waals surface area (Å²) in [4.78, 5) is 17.1. The third kappa shape index (κ3) is 6.17. The van der Waals surface area contributed by atoms with E-state index in [2.05, 4.69) is 30.2 Å². The molecule has 0 saturated heterocycles. The number of benzene rings is 1. The van der Waals surface area contributed by atoms with Crippen LogP contribution >= 0.6 is 23.5 Å². The zero-order chi connectivity index (χ0) is 17.2. The van der Waals surface area contributed by atoms with Crippen molar-refractivity contribution in [2.24, 2.45) is 10.9 Å². The normalized spacial score (nSPS) is 15.2. The molecule has 1 N–H and O–H groups in total. The van der Waals surface area contributed by atoms with Crippen LogP contribution in [0, 0.1) is 5.92 Å². The van der Waals surface area contributed by atoms with Crippen LogP contribution in [0.4, 0.5) is 0 Å². The summed E-state index contributed by atoms with van der Waals surface area (Å²) in [6, 6.07) is 7.93. The second-order valence-electron chi connectivity index (χ2n) is 6.07. The van der Waals surface area contributed by atoms with Crippen molar-refractivity contribution < 1.29 is 4.79 Å². The van der Waals surface area contributed by atoms with Gasteiger partial charge in [-0.3, -0.25) is 9.79 Å². The van der Waals surface area contributed by atoms with Gasteiger partial charge in [0.2, 0.25) is 0 Å². The van der Waals surface area contributed by atoms with E-state index < -0.39 is 0 Å². The number of carbonyl (C=O) groups is 1. The Hall–Kier alpha value is -0.940. The third-order valence-electron chi connectivity index (χ3n) is 4.27. The van der Waals surface area contributed by atoms with Crippen molar-refractivity contribution in [3.05, 3.63) is 35.4 Å². The van der Waals surface area contributed by atoms with Gasteiger partial charge in [-0.25, -0.2) is 0 Å². The van der Waals surface area contributed by atoms with Crippen LogP contribution in [0.2, 0.25) is 0 Å². The number of hydrogen-bond acceptors (Lipinski definition) is 4. The van der Waals surface area contributed by atoms with Gasteiger partial charge < -0.3 is 5.32 Å². The molecule has 1 aromatic carbocycles. The Morgan fingerprint density at radius 3 is 2.92 bits per heavy atom. The maximum Gasteiger partial charge on any atom is 0.251 e. The van der Waals surface area contributed by atoms with Crippen molar-refractivity contribution in [3.8, 4) is 0 Å². The fourth-order valence-electron chi connectivity index (χ4n) is 2.69. The van der Waals surface area contributed by atoms with Gasteiger partial charge in [0.25, 0.3) is 5.91 Å². The molecule has 1 heterocycles. The van der Waals surface area contributed by atoms with Gasteiger partial charge in [-0.1, -0.05) is 74.8 Å². The van der Waals surface area contributed by atoms with Crippen molar-refractivity contribution in [1.29, 1.82) is 0 Å². The minimum Gasteiger partial charge on any atom is -0.352 e. The van der Waals surface area contributed by atoms with Crippen LogP contribution in [0.1, 0.15) is 55.5 Å². The average Bonchev–Trinajstić information content (AvgIpc) is 3.13. The van der Waals surface area contributed by atoms with Gasteiger partial charge in [-0.05, 0) is 24.0 Å². The number of thioether (sulfide) groups is 2. The summed E-state index contributed by atoms with van der Waals surface area (Å²) in [7, 11) is 0. The number of aliphatic imine (C=N–C) groups is 1. The highest BCUT2D eigenvalue weighted by atomic mass is 32.2. The number of unbranched alkanes of at least 4 members (excludes halogenated alkanes) is 1. The van der Waals surface area contributed by atoms with Gasteiger partial charge in [0.05, 0.1) is 6.54 Å². The van der Waals surface area contributed by atoms with E-state index in [1.54, 1.807) is 11.8 Å². The lowest BCUT2D eigenvalue weighted by Crippen LogP contribution is -2.29. The van der Waals surface area contributed by atoms with Crippen molar-refractivity contribution >= 4 is 33.8 Å². The molecule has 0 radical (unpaired) electrons. The lowest BCUT2D eigenvalue weighted by molar-refractivity contribution is 0.0945. The monoisotopic (exact) mass is 364 g/mol. The minimum atomic E-state index is 0.0576. The molecule has 1 atom stereocenters. The van der Waals surface area contributed by atoms with Crippen molar-refractivity contribution in [2.75, 3.05) is 18.8 Å². The quantitative estimate of drug-likeness (QED) is 0.673. The van der Waals surface area contributed by atoms with E-state index in [-0.39, 0.29) is 5.91 Å². The Morgan fingerprint density at radius 2 is 2.21 bits per heavy atom. The number of hydrogen-bond donors (Lipinski definition) is 1. The Kier molecular flexibility index (Phi) is 8.75. The highest BCUT2D eigenvalue weighted by molar-refractivity contribution is 8.38. The maximum absolute atomic E-state index is 12.6. The highest BCUT2D eigenvalue weighted by Crippen LogP contribution is 2.26. The number of rotatable bonds is 9. The molecule has 0 bridgehead atoms. The molecule has 132 valence electrons. The van der Waals surface area contributed by atoms with Crippen LogP contribution in [-0.4, -0.2) is 29.1 Å². The summed E-state index contributed by atoms with van der Waals surface area (Å²) >= 11 is 3.55. The van der Waals surface area contributed by atoms with E-state index in [1.807, 2.05) is 30.0 Å². The Labute approximate surface area is 154 Å². The Balaban J connectivity index is 1.90. The molecule has 0 fully saturated rings. The molecule has 0 aromatic heterocycles. The van der Waals surface area contributed by atoms with Gasteiger partial charge >= 0.3 is 0 Å². The number of amides is 1. The van der Waals surface area contributed by atoms with Crippen molar-refractivity contribution in [3.63, 3.8) is 0 Å². The SMILES string of the molecule is CCCCC(CC)CNC(=O)c1ccccc1CSC1=NCCS1. The predicted octanol–water partition coefficient (Wildman–Crippen LogP) is 4.97. The van der Waals surface area contributed by atoms with Gasteiger partial charge in [0, 0.05) is 23.6 Å². The maximum atomic E-state index is 12.6. The van der Waals surface area contributed by atoms with Crippen LogP contribution in [0.15, 0.2) is 29.3 Å². The van der Waals surface area contributed by atoms with E-state index >= 15 is 0 Å². The zero-order valence-electron chi connectivity index (χ0n) is 14.7. The summed E-state index contributed by atoms with van der Waals surface area (Å²) in [5.74, 6) is 2.53. The molecule has 0 saturated carbocycles. The van der Waals surface area contributed by atoms with Crippen LogP contribution in [0.25, 0.3) is 0 Å². The van der Waals surface area contributed by atoms with Gasteiger partial charge in [-0.15, -0.1) is 0 Å². The van der Waals surface area contributed by atoms with Gasteiger partial charge in [0.1, 0.15) is 4.38 Å². The number of nitrogens with one attached hydrogen (secondary N) is 1. The van der Waals surface area contributed by atoms with E-state index in [4.69, 9.17) is 0 Å².